The molecule has 0 saturated carbocycles. The Morgan fingerprint density at radius 2 is 1.56 bits per heavy atom. The van der Waals surface area contributed by atoms with E-state index in [0.29, 0.717) is 73.8 Å². The van der Waals surface area contributed by atoms with Gasteiger partial charge in [-0.3, -0.25) is 34.3 Å². The summed E-state index contributed by atoms with van der Waals surface area (Å²) in [6, 6.07) is 15.6. The molecule has 4 aromatic carbocycles. The topological polar surface area (TPSA) is 202 Å². The molecule has 1 atom stereocenters. The molecule has 3 saturated heterocycles. The van der Waals surface area contributed by atoms with Crippen LogP contribution in [0.15, 0.2) is 60.7 Å². The van der Waals surface area contributed by atoms with E-state index in [1.807, 2.05) is 49.9 Å². The first-order chi connectivity index (χ1) is 34.1. The molecule has 374 valence electrons. The number of piperazine rings is 1. The number of likely N-dealkylation sites (tertiary alicyclic amines) is 1. The van der Waals surface area contributed by atoms with Crippen LogP contribution in [0.25, 0.3) is 32.8 Å². The summed E-state index contributed by atoms with van der Waals surface area (Å²) in [5, 5.41) is 14.8. The predicted octanol–water partition coefficient (Wildman–Crippen LogP) is 6.36. The normalized spacial score (nSPS) is 18.1. The number of phenolic OH excluding ortho intramolecular Hbond substituents is 1. The highest BCUT2D eigenvalue weighted by molar-refractivity contribution is 6.35. The molecule has 5 aromatic rings. The second-order valence-electron chi connectivity index (χ2n) is 18.8. The van der Waals surface area contributed by atoms with Crippen LogP contribution in [0, 0.1) is 5.82 Å². The molecule has 0 aliphatic carbocycles. The van der Waals surface area contributed by atoms with Gasteiger partial charge >= 0.3 is 12.1 Å². The van der Waals surface area contributed by atoms with Gasteiger partial charge in [-0.05, 0) is 92.8 Å². The minimum absolute atomic E-state index is 0.00383. The number of aromatic nitrogens is 2. The van der Waals surface area contributed by atoms with Crippen molar-refractivity contribution in [3.8, 4) is 28.6 Å². The fraction of sp³-hybridized carbons (Fsp3) is 0.431. The number of nitrogens with one attached hydrogen (secondary N) is 1. The van der Waals surface area contributed by atoms with Gasteiger partial charge in [0.15, 0.2) is 5.82 Å². The molecule has 9 rings (SSSR count). The summed E-state index contributed by atoms with van der Waals surface area (Å²) in [5.41, 5.74) is 0.196. The van der Waals surface area contributed by atoms with Crippen molar-refractivity contribution in [2.75, 3.05) is 83.7 Å². The molecule has 0 radical (unpaired) electrons. The zero-order valence-corrected chi connectivity index (χ0v) is 40.5. The van der Waals surface area contributed by atoms with Crippen LogP contribution in [0.4, 0.5) is 15.0 Å². The number of nitrogens with zero attached hydrogens (tertiary/aromatic N) is 6. The number of ether oxygens (including phenoxy) is 5. The van der Waals surface area contributed by atoms with E-state index in [1.165, 1.54) is 18.2 Å². The number of phenols is 1. The zero-order chi connectivity index (χ0) is 50.0. The Morgan fingerprint density at radius 1 is 0.817 bits per heavy atom. The molecule has 5 amide bonds. The van der Waals surface area contributed by atoms with Crippen molar-refractivity contribution >= 4 is 68.8 Å². The number of anilines is 1. The standard InChI is InChI=1S/C51H55ClFN7O11/c1-51(2,3)71-50(66)59-18-16-58(17-19-59)45-38-29-39(52)42(36-27-31(61)26-30-6-4-5-7-34(30)36)43(53)44(38)55-49(56-45)70-21-20-57-14-12-32(13-15-57)68-24-22-67-23-25-69-33-8-9-35-37(28-33)48(65)60(47(35)64)40-10-11-41(62)54-46(40)63/h4-9,26-29,32,40,61H,10-25H2,1-3H3,(H,54,62,63). The molecule has 18 nitrogen and oxygen atoms in total. The molecule has 20 heteroatoms. The highest BCUT2D eigenvalue weighted by atomic mass is 35.5. The van der Waals surface area contributed by atoms with Crippen molar-refractivity contribution in [1.29, 1.82) is 0 Å². The Balaban J connectivity index is 0.763. The molecular weight excluding hydrogens is 941 g/mol. The summed E-state index contributed by atoms with van der Waals surface area (Å²) in [6.45, 7) is 10.5. The summed E-state index contributed by atoms with van der Waals surface area (Å²) in [4.78, 5) is 79.1. The van der Waals surface area contributed by atoms with Crippen molar-refractivity contribution in [1.82, 2.24) is 30.0 Å². The average Bonchev–Trinajstić information content (AvgIpc) is 3.58. The Hall–Kier alpha value is -6.67. The smallest absolute Gasteiger partial charge is 0.410 e. The van der Waals surface area contributed by atoms with Crippen LogP contribution in [0.2, 0.25) is 5.02 Å². The van der Waals surface area contributed by atoms with Gasteiger partial charge in [0.05, 0.1) is 42.1 Å². The first-order valence-corrected chi connectivity index (χ1v) is 24.2. The summed E-state index contributed by atoms with van der Waals surface area (Å²) in [6.07, 6.45) is 1.36. The van der Waals surface area contributed by atoms with Crippen LogP contribution >= 0.6 is 11.6 Å². The van der Waals surface area contributed by atoms with E-state index in [2.05, 4.69) is 15.2 Å². The minimum atomic E-state index is -1.04. The first kappa shape index (κ1) is 49.3. The Morgan fingerprint density at radius 3 is 2.32 bits per heavy atom. The van der Waals surface area contributed by atoms with Crippen molar-refractivity contribution in [3.05, 3.63) is 82.6 Å². The Kier molecular flexibility index (Phi) is 14.6. The third kappa shape index (κ3) is 11.0. The van der Waals surface area contributed by atoms with Crippen LogP contribution in [-0.4, -0.2) is 156 Å². The fourth-order valence-corrected chi connectivity index (χ4v) is 9.63. The second-order valence-corrected chi connectivity index (χ2v) is 19.2. The first-order valence-electron chi connectivity index (χ1n) is 23.8. The molecule has 0 bridgehead atoms. The molecule has 5 heterocycles. The number of piperidine rings is 2. The van der Waals surface area contributed by atoms with Gasteiger partial charge in [-0.2, -0.15) is 9.97 Å². The Bertz CT molecular complexity index is 2880. The van der Waals surface area contributed by atoms with Gasteiger partial charge in [-0.1, -0.05) is 35.9 Å². The molecule has 71 heavy (non-hydrogen) atoms. The van der Waals surface area contributed by atoms with Crippen molar-refractivity contribution in [2.45, 2.75) is 64.2 Å². The van der Waals surface area contributed by atoms with Gasteiger partial charge in [0.25, 0.3) is 11.8 Å². The van der Waals surface area contributed by atoms with Crippen LogP contribution < -0.4 is 19.7 Å². The van der Waals surface area contributed by atoms with Crippen molar-refractivity contribution in [2.24, 2.45) is 0 Å². The monoisotopic (exact) mass is 995 g/mol. The van der Waals surface area contributed by atoms with E-state index >= 15 is 4.39 Å². The second kappa shape index (κ2) is 21.0. The molecule has 3 fully saturated rings. The molecule has 2 N–H and O–H groups in total. The van der Waals surface area contributed by atoms with Crippen molar-refractivity contribution in [3.63, 3.8) is 0 Å². The van der Waals surface area contributed by atoms with Crippen LogP contribution in [-0.2, 0) is 23.8 Å². The van der Waals surface area contributed by atoms with Gasteiger partial charge in [0, 0.05) is 63.2 Å². The highest BCUT2D eigenvalue weighted by Crippen LogP contribution is 2.43. The lowest BCUT2D eigenvalue weighted by molar-refractivity contribution is -0.136. The van der Waals surface area contributed by atoms with E-state index in [9.17, 15) is 29.1 Å². The summed E-state index contributed by atoms with van der Waals surface area (Å²) >= 11 is 6.92. The van der Waals surface area contributed by atoms with Gasteiger partial charge in [0.2, 0.25) is 11.8 Å². The number of fused-ring (bicyclic) bond motifs is 3. The lowest BCUT2D eigenvalue weighted by Crippen LogP contribution is -2.54. The van der Waals surface area contributed by atoms with E-state index in [4.69, 9.17) is 40.3 Å². The van der Waals surface area contributed by atoms with Gasteiger partial charge < -0.3 is 38.6 Å². The number of carbonyl (C=O) groups excluding carboxylic acids is 5. The number of amides is 5. The predicted molar refractivity (Wildman–Crippen MR) is 259 cm³/mol. The van der Waals surface area contributed by atoms with E-state index in [0.717, 1.165) is 36.2 Å². The number of imide groups is 2. The maximum Gasteiger partial charge on any atom is 0.410 e. The molecule has 4 aliphatic rings. The van der Waals surface area contributed by atoms with E-state index in [-0.39, 0.29) is 77.8 Å². The van der Waals surface area contributed by atoms with Crippen LogP contribution in [0.5, 0.6) is 17.5 Å². The SMILES string of the molecule is CC(C)(C)OC(=O)N1CCN(c2nc(OCCN3CCC(OCCOCCOc4ccc5c(c4)C(=O)N(C4CCC(=O)NC4=O)C5=O)CC3)nc3c(F)c(-c4cc(O)cc5ccccc45)c(Cl)cc23)CC1. The lowest BCUT2D eigenvalue weighted by atomic mass is 9.96. The minimum Gasteiger partial charge on any atom is -0.508 e. The Labute approximate surface area is 413 Å². The average molecular weight is 996 g/mol. The fourth-order valence-electron chi connectivity index (χ4n) is 9.34. The van der Waals surface area contributed by atoms with E-state index in [1.54, 1.807) is 23.1 Å². The van der Waals surface area contributed by atoms with Gasteiger partial charge in [-0.15, -0.1) is 0 Å². The van der Waals surface area contributed by atoms with E-state index < -0.39 is 47.2 Å². The third-order valence-electron chi connectivity index (χ3n) is 12.9. The number of halogens is 2. The zero-order valence-electron chi connectivity index (χ0n) is 39.7. The lowest BCUT2D eigenvalue weighted by Gasteiger charge is -2.36. The van der Waals surface area contributed by atoms with Crippen LogP contribution in [0.3, 0.4) is 0 Å². The summed E-state index contributed by atoms with van der Waals surface area (Å²) in [5.74, 6) is -2.20. The number of hydrogen-bond acceptors (Lipinski definition) is 15. The number of carbonyl (C=O) groups is 5. The molecular formula is C51H55ClFN7O11. The molecule has 1 aromatic heterocycles. The maximum atomic E-state index is 17.1. The molecule has 0 spiro atoms. The number of rotatable bonds is 15. The molecule has 4 aliphatic heterocycles. The van der Waals surface area contributed by atoms with Crippen molar-refractivity contribution < 1.29 is 57.2 Å². The van der Waals surface area contributed by atoms with Crippen LogP contribution in [0.1, 0.15) is 67.2 Å². The quantitative estimate of drug-likeness (QED) is 0.0866. The number of benzene rings is 4. The van der Waals surface area contributed by atoms with Gasteiger partial charge in [0.1, 0.15) is 47.7 Å². The highest BCUT2D eigenvalue weighted by Gasteiger charge is 2.45. The number of aromatic hydroxyl groups is 1. The maximum absolute atomic E-state index is 17.1. The summed E-state index contributed by atoms with van der Waals surface area (Å²) in [7, 11) is 0. The summed E-state index contributed by atoms with van der Waals surface area (Å²) < 4.78 is 46.5. The third-order valence-corrected chi connectivity index (χ3v) is 13.1. The molecule has 1 unspecified atom stereocenters. The number of hydrogen-bond donors (Lipinski definition) is 2. The largest absolute Gasteiger partial charge is 0.508 e. The van der Waals surface area contributed by atoms with Gasteiger partial charge in [-0.25, -0.2) is 9.18 Å².